The van der Waals surface area contributed by atoms with Crippen LogP contribution in [0.15, 0.2) is 41.0 Å². The van der Waals surface area contributed by atoms with Crippen molar-refractivity contribution in [2.75, 3.05) is 14.2 Å². The van der Waals surface area contributed by atoms with E-state index >= 15 is 0 Å². The maximum atomic E-state index is 13.1. The lowest BCUT2D eigenvalue weighted by molar-refractivity contribution is 0.185. The first-order chi connectivity index (χ1) is 15.1. The zero-order chi connectivity index (χ0) is 21.8. The number of nitrogens with one attached hydrogen (secondary N) is 1. The van der Waals surface area contributed by atoms with Gasteiger partial charge in [0.1, 0.15) is 5.76 Å². The Morgan fingerprint density at radius 3 is 2.77 bits per heavy atom. The number of hydrogen-bond acceptors (Lipinski definition) is 5. The Bertz CT molecular complexity index is 1040. The van der Waals surface area contributed by atoms with Gasteiger partial charge in [0.2, 0.25) is 0 Å². The van der Waals surface area contributed by atoms with Crippen molar-refractivity contribution in [2.45, 2.75) is 38.9 Å². The lowest BCUT2D eigenvalue weighted by atomic mass is 10.2. The Balaban J connectivity index is 1.49. The molecule has 164 valence electrons. The molecule has 1 aliphatic carbocycles. The summed E-state index contributed by atoms with van der Waals surface area (Å²) >= 11 is 0. The van der Waals surface area contributed by atoms with Gasteiger partial charge in [-0.05, 0) is 54.7 Å². The first kappa shape index (κ1) is 20.8. The molecule has 1 aromatic carbocycles. The molecular weight excluding hydrogens is 396 g/mol. The van der Waals surface area contributed by atoms with Gasteiger partial charge in [0.05, 0.1) is 39.3 Å². The number of urea groups is 1. The SMILES string of the molecule is COc1ccc(CNC(=O)N(Cc2ccco2)Cc2nn(C)c3c2CCC3)cc1OC. The lowest BCUT2D eigenvalue weighted by Crippen LogP contribution is -2.39. The smallest absolute Gasteiger partial charge is 0.318 e. The van der Waals surface area contributed by atoms with Crippen LogP contribution in [-0.2, 0) is 39.5 Å². The summed E-state index contributed by atoms with van der Waals surface area (Å²) < 4.78 is 18.1. The van der Waals surface area contributed by atoms with Gasteiger partial charge in [-0.2, -0.15) is 5.10 Å². The summed E-state index contributed by atoms with van der Waals surface area (Å²) in [6.07, 6.45) is 4.81. The number of aromatic nitrogens is 2. The molecule has 31 heavy (non-hydrogen) atoms. The molecule has 0 fully saturated rings. The number of furan rings is 1. The molecule has 2 heterocycles. The minimum atomic E-state index is -0.177. The third kappa shape index (κ3) is 4.52. The standard InChI is InChI=1S/C23H28N4O4/c1-26-20-8-4-7-18(20)19(25-26)15-27(14-17-6-5-11-31-17)23(28)24-13-16-9-10-21(29-2)22(12-16)30-3/h5-6,9-12H,4,7-8,13-15H2,1-3H3,(H,24,28). The molecule has 0 spiro atoms. The fraction of sp³-hybridized carbons (Fsp3) is 0.391. The van der Waals surface area contributed by atoms with Crippen molar-refractivity contribution in [1.29, 1.82) is 0 Å². The summed E-state index contributed by atoms with van der Waals surface area (Å²) in [5, 5.41) is 7.69. The number of amides is 2. The highest BCUT2D eigenvalue weighted by molar-refractivity contribution is 5.74. The van der Waals surface area contributed by atoms with Crippen LogP contribution in [0.3, 0.4) is 0 Å². The van der Waals surface area contributed by atoms with E-state index in [1.165, 1.54) is 11.3 Å². The number of benzene rings is 1. The van der Waals surface area contributed by atoms with E-state index in [0.717, 1.165) is 36.3 Å². The zero-order valence-electron chi connectivity index (χ0n) is 18.2. The highest BCUT2D eigenvalue weighted by Crippen LogP contribution is 2.28. The molecule has 1 N–H and O–H groups in total. The van der Waals surface area contributed by atoms with Gasteiger partial charge in [-0.3, -0.25) is 4.68 Å². The molecule has 0 aliphatic heterocycles. The molecule has 2 aromatic heterocycles. The second-order valence-corrected chi connectivity index (χ2v) is 7.63. The van der Waals surface area contributed by atoms with Crippen LogP contribution in [0.5, 0.6) is 11.5 Å². The molecule has 0 saturated carbocycles. The normalized spacial score (nSPS) is 12.5. The minimum absolute atomic E-state index is 0.177. The van der Waals surface area contributed by atoms with E-state index in [0.29, 0.717) is 31.1 Å². The predicted molar refractivity (Wildman–Crippen MR) is 115 cm³/mol. The number of carbonyl (C=O) groups is 1. The van der Waals surface area contributed by atoms with Gasteiger partial charge in [-0.1, -0.05) is 6.07 Å². The fourth-order valence-corrected chi connectivity index (χ4v) is 4.08. The van der Waals surface area contributed by atoms with Crippen LogP contribution in [0, 0.1) is 0 Å². The van der Waals surface area contributed by atoms with Crippen molar-refractivity contribution >= 4 is 6.03 Å². The van der Waals surface area contributed by atoms with Crippen LogP contribution in [-0.4, -0.2) is 34.9 Å². The number of aryl methyl sites for hydroxylation is 1. The van der Waals surface area contributed by atoms with Crippen molar-refractivity contribution in [3.63, 3.8) is 0 Å². The molecule has 0 radical (unpaired) electrons. The maximum Gasteiger partial charge on any atom is 0.318 e. The van der Waals surface area contributed by atoms with E-state index in [1.54, 1.807) is 25.4 Å². The molecule has 1 aliphatic rings. The number of nitrogens with zero attached hydrogens (tertiary/aromatic N) is 3. The van der Waals surface area contributed by atoms with Gasteiger partial charge in [0.25, 0.3) is 0 Å². The Hall–Kier alpha value is -3.42. The lowest BCUT2D eigenvalue weighted by Gasteiger charge is -2.22. The molecule has 2 amide bonds. The molecule has 8 heteroatoms. The van der Waals surface area contributed by atoms with E-state index in [1.807, 2.05) is 42.1 Å². The summed E-state index contributed by atoms with van der Waals surface area (Å²) in [5.41, 5.74) is 4.43. The monoisotopic (exact) mass is 424 g/mol. The van der Waals surface area contributed by atoms with Crippen molar-refractivity contribution in [3.8, 4) is 11.5 Å². The van der Waals surface area contributed by atoms with Crippen molar-refractivity contribution in [2.24, 2.45) is 7.05 Å². The van der Waals surface area contributed by atoms with Crippen LogP contribution in [0.1, 0.15) is 34.7 Å². The van der Waals surface area contributed by atoms with E-state index in [2.05, 4.69) is 10.4 Å². The van der Waals surface area contributed by atoms with Gasteiger partial charge in [-0.15, -0.1) is 0 Å². The molecule has 3 aromatic rings. The maximum absolute atomic E-state index is 13.1. The number of ether oxygens (including phenoxy) is 2. The topological polar surface area (TPSA) is 81.8 Å². The van der Waals surface area contributed by atoms with E-state index < -0.39 is 0 Å². The number of fused-ring (bicyclic) bond motifs is 1. The quantitative estimate of drug-likeness (QED) is 0.599. The molecular formula is C23H28N4O4. The first-order valence-electron chi connectivity index (χ1n) is 10.4. The van der Waals surface area contributed by atoms with Crippen molar-refractivity contribution < 1.29 is 18.7 Å². The molecule has 0 unspecified atom stereocenters. The summed E-state index contributed by atoms with van der Waals surface area (Å²) in [7, 11) is 5.17. The summed E-state index contributed by atoms with van der Waals surface area (Å²) in [6.45, 7) is 1.17. The predicted octanol–water partition coefficient (Wildman–Crippen LogP) is 3.43. The molecule has 8 nitrogen and oxygen atoms in total. The Labute approximate surface area is 181 Å². The van der Waals surface area contributed by atoms with Crippen LogP contribution < -0.4 is 14.8 Å². The largest absolute Gasteiger partial charge is 0.493 e. The van der Waals surface area contributed by atoms with Crippen molar-refractivity contribution in [3.05, 3.63) is 64.9 Å². The first-order valence-corrected chi connectivity index (χ1v) is 10.4. The van der Waals surface area contributed by atoms with Crippen molar-refractivity contribution in [1.82, 2.24) is 20.0 Å². The van der Waals surface area contributed by atoms with Gasteiger partial charge >= 0.3 is 6.03 Å². The van der Waals surface area contributed by atoms with Gasteiger partial charge in [0.15, 0.2) is 11.5 Å². The van der Waals surface area contributed by atoms with Gasteiger partial charge < -0.3 is 24.1 Å². The number of hydrogen-bond donors (Lipinski definition) is 1. The summed E-state index contributed by atoms with van der Waals surface area (Å²) in [5.74, 6) is 2.01. The van der Waals surface area contributed by atoms with E-state index in [4.69, 9.17) is 13.9 Å². The minimum Gasteiger partial charge on any atom is -0.493 e. The van der Waals surface area contributed by atoms with Crippen LogP contribution in [0.4, 0.5) is 4.79 Å². The second kappa shape index (κ2) is 9.16. The van der Waals surface area contributed by atoms with Crippen LogP contribution in [0.25, 0.3) is 0 Å². The van der Waals surface area contributed by atoms with Crippen LogP contribution >= 0.6 is 0 Å². The third-order valence-corrected chi connectivity index (χ3v) is 5.64. The van der Waals surface area contributed by atoms with Crippen LogP contribution in [0.2, 0.25) is 0 Å². The number of methoxy groups -OCH3 is 2. The molecule has 0 bridgehead atoms. The highest BCUT2D eigenvalue weighted by atomic mass is 16.5. The highest BCUT2D eigenvalue weighted by Gasteiger charge is 2.24. The Morgan fingerprint density at radius 2 is 2.03 bits per heavy atom. The van der Waals surface area contributed by atoms with Gasteiger partial charge in [-0.25, -0.2) is 4.79 Å². The second-order valence-electron chi connectivity index (χ2n) is 7.63. The third-order valence-electron chi connectivity index (χ3n) is 5.64. The number of carbonyl (C=O) groups excluding carboxylic acids is 1. The zero-order valence-corrected chi connectivity index (χ0v) is 18.2. The van der Waals surface area contributed by atoms with E-state index in [-0.39, 0.29) is 6.03 Å². The Morgan fingerprint density at radius 1 is 1.19 bits per heavy atom. The summed E-state index contributed by atoms with van der Waals surface area (Å²) in [6, 6.07) is 9.12. The summed E-state index contributed by atoms with van der Waals surface area (Å²) in [4.78, 5) is 14.9. The van der Waals surface area contributed by atoms with E-state index in [9.17, 15) is 4.79 Å². The average Bonchev–Trinajstić information content (AvgIpc) is 3.52. The average molecular weight is 425 g/mol. The fourth-order valence-electron chi connectivity index (χ4n) is 4.08. The Kier molecular flexibility index (Phi) is 6.16. The van der Waals surface area contributed by atoms with Gasteiger partial charge in [0, 0.05) is 19.3 Å². The molecule has 0 atom stereocenters. The molecule has 4 rings (SSSR count). The molecule has 0 saturated heterocycles. The number of rotatable bonds is 8.